The molecule has 4 aromatic rings. The number of carboxylic acid groups (broad SMARTS) is 1. The predicted octanol–water partition coefficient (Wildman–Crippen LogP) is 5.38. The Bertz CT molecular complexity index is 1430. The van der Waals surface area contributed by atoms with Crippen molar-refractivity contribution in [2.75, 3.05) is 19.6 Å². The summed E-state index contributed by atoms with van der Waals surface area (Å²) in [5.74, 6) is -0.384. The SMILES string of the molecule is CCn1nc(-c2nc(-c3cc(C)c(CCN4CCC(C(=O)O)CC4)c(C)c3)no2)cc1-c1cccc(F)c1. The number of halogens is 1. The lowest BCUT2D eigenvalue weighted by molar-refractivity contribution is -0.143. The molecule has 0 amide bonds. The molecule has 1 aliphatic heterocycles. The van der Waals surface area contributed by atoms with E-state index >= 15 is 0 Å². The molecule has 1 fully saturated rings. The largest absolute Gasteiger partial charge is 0.481 e. The van der Waals surface area contributed by atoms with Gasteiger partial charge in [-0.05, 0) is 100 Å². The predicted molar refractivity (Wildman–Crippen MR) is 142 cm³/mol. The molecular formula is C29H32FN5O3. The number of rotatable bonds is 8. The monoisotopic (exact) mass is 517 g/mol. The number of piperidine rings is 1. The van der Waals surface area contributed by atoms with Crippen molar-refractivity contribution in [3.8, 4) is 34.2 Å². The van der Waals surface area contributed by atoms with Crippen LogP contribution in [0.5, 0.6) is 0 Å². The third-order valence-corrected chi connectivity index (χ3v) is 7.41. The Morgan fingerprint density at radius 3 is 2.50 bits per heavy atom. The van der Waals surface area contributed by atoms with Crippen molar-refractivity contribution < 1.29 is 18.8 Å². The first-order valence-corrected chi connectivity index (χ1v) is 13.1. The molecule has 0 saturated carbocycles. The molecule has 0 atom stereocenters. The molecule has 5 rings (SSSR count). The third kappa shape index (κ3) is 5.38. The number of aryl methyl sites for hydroxylation is 3. The summed E-state index contributed by atoms with van der Waals surface area (Å²) in [5, 5.41) is 18.0. The van der Waals surface area contributed by atoms with Gasteiger partial charge in [0.25, 0.3) is 5.89 Å². The van der Waals surface area contributed by atoms with Gasteiger partial charge in [-0.15, -0.1) is 0 Å². The number of nitrogens with zero attached hydrogens (tertiary/aromatic N) is 5. The quantitative estimate of drug-likeness (QED) is 0.335. The second-order valence-electron chi connectivity index (χ2n) is 9.96. The number of aromatic nitrogens is 4. The van der Waals surface area contributed by atoms with E-state index in [1.807, 2.05) is 19.1 Å². The summed E-state index contributed by atoms with van der Waals surface area (Å²) in [5.41, 5.74) is 6.55. The Labute approximate surface area is 221 Å². The number of aliphatic carboxylic acids is 1. The van der Waals surface area contributed by atoms with Gasteiger partial charge < -0.3 is 14.5 Å². The Kier molecular flexibility index (Phi) is 7.37. The van der Waals surface area contributed by atoms with Crippen molar-refractivity contribution in [1.82, 2.24) is 24.8 Å². The molecule has 0 aliphatic carbocycles. The zero-order valence-corrected chi connectivity index (χ0v) is 21.9. The number of benzene rings is 2. The number of carboxylic acids is 1. The van der Waals surface area contributed by atoms with E-state index in [-0.39, 0.29) is 11.7 Å². The summed E-state index contributed by atoms with van der Waals surface area (Å²) >= 11 is 0. The van der Waals surface area contributed by atoms with Crippen LogP contribution >= 0.6 is 0 Å². The average Bonchev–Trinajstić information content (AvgIpc) is 3.56. The zero-order valence-electron chi connectivity index (χ0n) is 21.9. The number of carbonyl (C=O) groups is 1. The first-order valence-electron chi connectivity index (χ1n) is 13.1. The highest BCUT2D eigenvalue weighted by molar-refractivity contribution is 5.70. The molecule has 1 N–H and O–H groups in total. The zero-order chi connectivity index (χ0) is 26.8. The van der Waals surface area contributed by atoms with E-state index < -0.39 is 5.97 Å². The van der Waals surface area contributed by atoms with Gasteiger partial charge in [0.15, 0.2) is 5.69 Å². The summed E-state index contributed by atoms with van der Waals surface area (Å²) in [4.78, 5) is 18.2. The van der Waals surface area contributed by atoms with Gasteiger partial charge in [-0.1, -0.05) is 17.3 Å². The molecule has 0 unspecified atom stereocenters. The topological polar surface area (TPSA) is 97.3 Å². The van der Waals surface area contributed by atoms with E-state index in [0.717, 1.165) is 54.0 Å². The summed E-state index contributed by atoms with van der Waals surface area (Å²) < 4.78 is 21.2. The van der Waals surface area contributed by atoms with Crippen LogP contribution in [0.25, 0.3) is 34.2 Å². The molecule has 0 radical (unpaired) electrons. The van der Waals surface area contributed by atoms with Gasteiger partial charge in [-0.25, -0.2) is 4.39 Å². The van der Waals surface area contributed by atoms with Crippen LogP contribution in [0.4, 0.5) is 4.39 Å². The van der Waals surface area contributed by atoms with E-state index in [4.69, 9.17) is 4.52 Å². The first-order chi connectivity index (χ1) is 18.3. The highest BCUT2D eigenvalue weighted by Crippen LogP contribution is 2.29. The van der Waals surface area contributed by atoms with Crippen LogP contribution in [0.1, 0.15) is 36.5 Å². The maximum atomic E-state index is 13.8. The summed E-state index contributed by atoms with van der Waals surface area (Å²) in [6, 6.07) is 12.4. The van der Waals surface area contributed by atoms with Crippen LogP contribution in [-0.4, -0.2) is 55.5 Å². The molecule has 198 valence electrons. The maximum absolute atomic E-state index is 13.8. The van der Waals surface area contributed by atoms with Gasteiger partial charge in [0.2, 0.25) is 5.82 Å². The first kappa shape index (κ1) is 25.8. The van der Waals surface area contributed by atoms with Crippen LogP contribution in [0.15, 0.2) is 47.0 Å². The van der Waals surface area contributed by atoms with Crippen molar-refractivity contribution in [3.05, 3.63) is 65.0 Å². The van der Waals surface area contributed by atoms with Gasteiger partial charge in [0.1, 0.15) is 5.82 Å². The number of hydrogen-bond acceptors (Lipinski definition) is 6. The maximum Gasteiger partial charge on any atom is 0.306 e. The Morgan fingerprint density at radius 2 is 1.84 bits per heavy atom. The minimum atomic E-state index is -0.678. The lowest BCUT2D eigenvalue weighted by Gasteiger charge is -2.30. The van der Waals surface area contributed by atoms with Crippen LogP contribution in [0, 0.1) is 25.6 Å². The van der Waals surface area contributed by atoms with Crippen molar-refractivity contribution in [2.24, 2.45) is 5.92 Å². The van der Waals surface area contributed by atoms with Crippen LogP contribution in [0.2, 0.25) is 0 Å². The van der Waals surface area contributed by atoms with E-state index in [2.05, 4.69) is 46.1 Å². The molecule has 0 spiro atoms. The fourth-order valence-corrected chi connectivity index (χ4v) is 5.28. The molecule has 38 heavy (non-hydrogen) atoms. The normalized spacial score (nSPS) is 14.7. The van der Waals surface area contributed by atoms with Gasteiger partial charge >= 0.3 is 5.97 Å². The molecule has 1 aliphatic rings. The van der Waals surface area contributed by atoms with Crippen LogP contribution in [-0.2, 0) is 17.8 Å². The van der Waals surface area contributed by atoms with Crippen molar-refractivity contribution in [3.63, 3.8) is 0 Å². The Hall–Kier alpha value is -3.85. The molecule has 3 heterocycles. The number of likely N-dealkylation sites (tertiary alicyclic amines) is 1. The average molecular weight is 518 g/mol. The van der Waals surface area contributed by atoms with Crippen LogP contribution in [0.3, 0.4) is 0 Å². The molecule has 8 nitrogen and oxygen atoms in total. The van der Waals surface area contributed by atoms with Crippen LogP contribution < -0.4 is 0 Å². The fraction of sp³-hybridized carbons (Fsp3) is 0.379. The minimum Gasteiger partial charge on any atom is -0.481 e. The molecule has 2 aromatic carbocycles. The molecule has 0 bridgehead atoms. The van der Waals surface area contributed by atoms with Crippen molar-refractivity contribution >= 4 is 5.97 Å². The molecular weight excluding hydrogens is 485 g/mol. The van der Waals surface area contributed by atoms with Crippen molar-refractivity contribution in [2.45, 2.75) is 46.6 Å². The smallest absolute Gasteiger partial charge is 0.306 e. The third-order valence-electron chi connectivity index (χ3n) is 7.41. The Balaban J connectivity index is 1.31. The fourth-order valence-electron chi connectivity index (χ4n) is 5.28. The van der Waals surface area contributed by atoms with E-state index in [9.17, 15) is 14.3 Å². The molecule has 1 saturated heterocycles. The lowest BCUT2D eigenvalue weighted by atomic mass is 9.94. The highest BCUT2D eigenvalue weighted by Gasteiger charge is 2.24. The Morgan fingerprint density at radius 1 is 1.11 bits per heavy atom. The second-order valence-corrected chi connectivity index (χ2v) is 9.96. The highest BCUT2D eigenvalue weighted by atomic mass is 19.1. The number of hydrogen-bond donors (Lipinski definition) is 1. The van der Waals surface area contributed by atoms with E-state index in [0.29, 0.717) is 36.8 Å². The minimum absolute atomic E-state index is 0.211. The van der Waals surface area contributed by atoms with Gasteiger partial charge in [0.05, 0.1) is 11.6 Å². The summed E-state index contributed by atoms with van der Waals surface area (Å²) in [6.45, 7) is 9.35. The van der Waals surface area contributed by atoms with Crippen molar-refractivity contribution in [1.29, 1.82) is 0 Å². The van der Waals surface area contributed by atoms with E-state index in [1.165, 1.54) is 17.7 Å². The standard InChI is InChI=1S/C29H32FN5O3/c1-4-35-26(21-6-5-7-23(30)16-21)17-25(32-35)28-31-27(33-38-28)22-14-18(2)24(19(3)15-22)10-13-34-11-8-20(9-12-34)29(36)37/h5-7,14-17,20H,4,8-13H2,1-3H3,(H,36,37). The van der Waals surface area contributed by atoms with Gasteiger partial charge in [-0.2, -0.15) is 10.1 Å². The second kappa shape index (κ2) is 10.9. The molecule has 9 heteroatoms. The van der Waals surface area contributed by atoms with E-state index in [1.54, 1.807) is 10.7 Å². The lowest BCUT2D eigenvalue weighted by Crippen LogP contribution is -2.37. The van der Waals surface area contributed by atoms with Gasteiger partial charge in [-0.3, -0.25) is 9.48 Å². The van der Waals surface area contributed by atoms with Gasteiger partial charge in [0, 0.05) is 24.2 Å². The summed E-state index contributed by atoms with van der Waals surface area (Å²) in [7, 11) is 0. The summed E-state index contributed by atoms with van der Waals surface area (Å²) in [6.07, 6.45) is 2.34. The molecule has 2 aromatic heterocycles.